The van der Waals surface area contributed by atoms with Crippen molar-refractivity contribution in [3.63, 3.8) is 0 Å². The lowest BCUT2D eigenvalue weighted by Crippen LogP contribution is -1.98. The lowest BCUT2D eigenvalue weighted by atomic mass is 10.1. The second-order valence-corrected chi connectivity index (χ2v) is 2.25. The summed E-state index contributed by atoms with van der Waals surface area (Å²) >= 11 is 0. The predicted molar refractivity (Wildman–Crippen MR) is 46.0 cm³/mol. The molecule has 1 aromatic rings. The molecule has 0 fully saturated rings. The minimum atomic E-state index is 0. The van der Waals surface area contributed by atoms with Crippen molar-refractivity contribution in [1.82, 2.24) is 6.15 Å². The smallest absolute Gasteiger partial charge is 0.126 e. The third-order valence-corrected chi connectivity index (χ3v) is 1.55. The van der Waals surface area contributed by atoms with Gasteiger partial charge in [-0.15, -0.1) is 0 Å². The first-order valence-corrected chi connectivity index (χ1v) is 3.35. The quantitative estimate of drug-likeness (QED) is 0.614. The first-order valence-electron chi connectivity index (χ1n) is 3.35. The molecule has 1 heterocycles. The molecular formula is C9H11NO. The Hall–Kier alpha value is -1.28. The van der Waals surface area contributed by atoms with Crippen molar-refractivity contribution in [3.05, 3.63) is 35.9 Å². The van der Waals surface area contributed by atoms with E-state index in [0.29, 0.717) is 6.61 Å². The summed E-state index contributed by atoms with van der Waals surface area (Å²) < 4.78 is 5.34. The monoisotopic (exact) mass is 149 g/mol. The molecule has 58 valence electrons. The molecule has 2 heteroatoms. The minimum Gasteiger partial charge on any atom is -0.489 e. The molecule has 0 saturated carbocycles. The lowest BCUT2D eigenvalue weighted by Gasteiger charge is -2.10. The topological polar surface area (TPSA) is 44.2 Å². The van der Waals surface area contributed by atoms with E-state index in [9.17, 15) is 0 Å². The van der Waals surface area contributed by atoms with E-state index in [1.165, 1.54) is 5.56 Å². The Balaban J connectivity index is 0.000000605. The van der Waals surface area contributed by atoms with E-state index in [1.807, 2.05) is 30.3 Å². The largest absolute Gasteiger partial charge is 0.489 e. The van der Waals surface area contributed by atoms with Gasteiger partial charge in [-0.2, -0.15) is 0 Å². The summed E-state index contributed by atoms with van der Waals surface area (Å²) in [5.74, 6) is 0.991. The Morgan fingerprint density at radius 1 is 1.18 bits per heavy atom. The molecule has 11 heavy (non-hydrogen) atoms. The average Bonchev–Trinajstić information content (AvgIpc) is 2.05. The van der Waals surface area contributed by atoms with Crippen molar-refractivity contribution < 1.29 is 4.74 Å². The van der Waals surface area contributed by atoms with Crippen LogP contribution in [0.4, 0.5) is 0 Å². The van der Waals surface area contributed by atoms with Crippen molar-refractivity contribution in [2.75, 3.05) is 6.61 Å². The van der Waals surface area contributed by atoms with Crippen LogP contribution in [0.2, 0.25) is 0 Å². The molecule has 0 unspecified atom stereocenters. The Morgan fingerprint density at radius 2 is 2.00 bits per heavy atom. The van der Waals surface area contributed by atoms with E-state index in [-0.39, 0.29) is 6.15 Å². The fourth-order valence-corrected chi connectivity index (χ4v) is 1.06. The zero-order valence-electron chi connectivity index (χ0n) is 6.29. The van der Waals surface area contributed by atoms with Gasteiger partial charge in [0.05, 0.1) is 0 Å². The van der Waals surface area contributed by atoms with Crippen molar-refractivity contribution >= 4 is 6.08 Å². The third kappa shape index (κ3) is 1.41. The highest BCUT2D eigenvalue weighted by Gasteiger charge is 2.01. The standard InChI is InChI=1S/C9H8O.H3N/c1-2-6-9-8(4-1)5-3-7-10-9;/h1-6H,7H2;1H3. The van der Waals surface area contributed by atoms with Crippen LogP contribution in [0.15, 0.2) is 30.3 Å². The molecule has 2 nitrogen and oxygen atoms in total. The van der Waals surface area contributed by atoms with Gasteiger partial charge in [-0.3, -0.25) is 0 Å². The average molecular weight is 149 g/mol. The summed E-state index contributed by atoms with van der Waals surface area (Å²) in [4.78, 5) is 0. The van der Waals surface area contributed by atoms with E-state index in [0.717, 1.165) is 5.75 Å². The summed E-state index contributed by atoms with van der Waals surface area (Å²) in [6, 6.07) is 8.03. The van der Waals surface area contributed by atoms with Gasteiger partial charge < -0.3 is 10.9 Å². The number of fused-ring (bicyclic) bond motifs is 1. The van der Waals surface area contributed by atoms with Gasteiger partial charge in [0.25, 0.3) is 0 Å². The molecule has 0 radical (unpaired) electrons. The summed E-state index contributed by atoms with van der Waals surface area (Å²) in [5.41, 5.74) is 1.17. The van der Waals surface area contributed by atoms with Crippen LogP contribution >= 0.6 is 0 Å². The van der Waals surface area contributed by atoms with Gasteiger partial charge in [-0.25, -0.2) is 0 Å². The van der Waals surface area contributed by atoms with Crippen molar-refractivity contribution in [2.24, 2.45) is 0 Å². The van der Waals surface area contributed by atoms with Crippen molar-refractivity contribution in [2.45, 2.75) is 0 Å². The van der Waals surface area contributed by atoms with Gasteiger partial charge in [0.15, 0.2) is 0 Å². The zero-order valence-corrected chi connectivity index (χ0v) is 6.29. The third-order valence-electron chi connectivity index (χ3n) is 1.55. The van der Waals surface area contributed by atoms with Gasteiger partial charge >= 0.3 is 0 Å². The summed E-state index contributed by atoms with van der Waals surface area (Å²) in [6.45, 7) is 0.705. The molecule has 1 aliphatic heterocycles. The maximum Gasteiger partial charge on any atom is 0.126 e. The highest BCUT2D eigenvalue weighted by atomic mass is 16.5. The van der Waals surface area contributed by atoms with Gasteiger partial charge in [-0.1, -0.05) is 24.3 Å². The van der Waals surface area contributed by atoms with E-state index in [1.54, 1.807) is 0 Å². The zero-order chi connectivity index (χ0) is 6.81. The van der Waals surface area contributed by atoms with Crippen LogP contribution in [0.5, 0.6) is 5.75 Å². The first kappa shape index (κ1) is 7.82. The number of benzene rings is 1. The Bertz CT molecular complexity index is 268. The maximum absolute atomic E-state index is 5.34. The van der Waals surface area contributed by atoms with Crippen LogP contribution < -0.4 is 10.9 Å². The molecule has 3 N–H and O–H groups in total. The molecule has 0 aliphatic carbocycles. The Labute approximate surface area is 66.1 Å². The maximum atomic E-state index is 5.34. The molecular weight excluding hydrogens is 138 g/mol. The molecule has 1 aromatic carbocycles. The minimum absolute atomic E-state index is 0. The molecule has 0 atom stereocenters. The van der Waals surface area contributed by atoms with Crippen LogP contribution in [0.3, 0.4) is 0 Å². The van der Waals surface area contributed by atoms with E-state index in [4.69, 9.17) is 4.74 Å². The number of hydrogen-bond donors (Lipinski definition) is 1. The highest BCUT2D eigenvalue weighted by Crippen LogP contribution is 2.21. The van der Waals surface area contributed by atoms with Crippen molar-refractivity contribution in [3.8, 4) is 5.75 Å². The molecule has 0 aromatic heterocycles. The fraction of sp³-hybridized carbons (Fsp3) is 0.111. The predicted octanol–water partition coefficient (Wildman–Crippen LogP) is 2.25. The van der Waals surface area contributed by atoms with Gasteiger partial charge in [0.2, 0.25) is 0 Å². The van der Waals surface area contributed by atoms with Crippen molar-refractivity contribution in [1.29, 1.82) is 0 Å². The van der Waals surface area contributed by atoms with Crippen LogP contribution in [0.1, 0.15) is 5.56 Å². The second kappa shape index (κ2) is 3.21. The molecule has 0 bridgehead atoms. The molecule has 0 saturated heterocycles. The van der Waals surface area contributed by atoms with Gasteiger partial charge in [0, 0.05) is 5.56 Å². The molecule has 0 amide bonds. The second-order valence-electron chi connectivity index (χ2n) is 2.25. The molecule has 0 spiro atoms. The Morgan fingerprint density at radius 3 is 2.82 bits per heavy atom. The number of hydrogen-bond acceptors (Lipinski definition) is 2. The highest BCUT2D eigenvalue weighted by molar-refractivity contribution is 5.58. The number of para-hydroxylation sites is 1. The SMILES string of the molecule is C1=Cc2ccccc2OC1.N. The van der Waals surface area contributed by atoms with Gasteiger partial charge in [-0.05, 0) is 12.1 Å². The Kier molecular flexibility index (Phi) is 2.28. The first-order chi connectivity index (χ1) is 4.97. The fourth-order valence-electron chi connectivity index (χ4n) is 1.06. The number of rotatable bonds is 0. The summed E-state index contributed by atoms with van der Waals surface area (Å²) in [6.07, 6.45) is 4.10. The lowest BCUT2D eigenvalue weighted by molar-refractivity contribution is 0.358. The van der Waals surface area contributed by atoms with E-state index >= 15 is 0 Å². The number of ether oxygens (including phenoxy) is 1. The molecule has 1 aliphatic rings. The van der Waals surface area contributed by atoms with Gasteiger partial charge in [0.1, 0.15) is 12.4 Å². The molecule has 2 rings (SSSR count). The summed E-state index contributed by atoms with van der Waals surface area (Å²) in [7, 11) is 0. The van der Waals surface area contributed by atoms with Crippen LogP contribution in [-0.4, -0.2) is 6.61 Å². The summed E-state index contributed by atoms with van der Waals surface area (Å²) in [5, 5.41) is 0. The normalized spacial score (nSPS) is 12.7. The van der Waals surface area contributed by atoms with Crippen LogP contribution in [-0.2, 0) is 0 Å². The van der Waals surface area contributed by atoms with Crippen LogP contribution in [0.25, 0.3) is 6.08 Å². The van der Waals surface area contributed by atoms with E-state index in [2.05, 4.69) is 6.08 Å². The van der Waals surface area contributed by atoms with E-state index < -0.39 is 0 Å². The van der Waals surface area contributed by atoms with Crippen LogP contribution in [0, 0.1) is 0 Å².